The summed E-state index contributed by atoms with van der Waals surface area (Å²) in [5.41, 5.74) is 7.13. The number of aromatic nitrogens is 2. The molecular weight excluding hydrogens is 312 g/mol. The Labute approximate surface area is 143 Å². The van der Waals surface area contributed by atoms with E-state index in [0.717, 1.165) is 16.0 Å². The first kappa shape index (κ1) is 13.5. The molecule has 2 nitrogen and oxygen atoms in total. The van der Waals surface area contributed by atoms with E-state index in [-0.39, 0.29) is 0 Å². The van der Waals surface area contributed by atoms with Crippen LogP contribution in [0.15, 0.2) is 84.4 Å². The second-order valence-electron chi connectivity index (χ2n) is 5.82. The summed E-state index contributed by atoms with van der Waals surface area (Å²) in [5, 5.41) is 2.07. The van der Waals surface area contributed by atoms with E-state index in [1.54, 1.807) is 11.3 Å². The lowest BCUT2D eigenvalue weighted by Crippen LogP contribution is -1.83. The largest absolute Gasteiger partial charge is 0.290 e. The van der Waals surface area contributed by atoms with E-state index in [1.807, 2.05) is 6.07 Å². The summed E-state index contributed by atoms with van der Waals surface area (Å²) in [5.74, 6) is 0. The highest BCUT2D eigenvalue weighted by Crippen LogP contribution is 2.29. The van der Waals surface area contributed by atoms with Crippen LogP contribution >= 0.6 is 11.3 Å². The molecule has 5 rings (SSSR count). The highest BCUT2D eigenvalue weighted by Gasteiger charge is 2.08. The molecule has 0 bridgehead atoms. The summed E-state index contributed by atoms with van der Waals surface area (Å²) >= 11 is 1.67. The number of thiazole rings is 1. The van der Waals surface area contributed by atoms with E-state index in [0.29, 0.717) is 0 Å². The molecule has 0 radical (unpaired) electrons. The van der Waals surface area contributed by atoms with E-state index < -0.39 is 0 Å². The molecule has 0 saturated carbocycles. The van der Waals surface area contributed by atoms with Gasteiger partial charge in [-0.2, -0.15) is 0 Å². The van der Waals surface area contributed by atoms with Crippen LogP contribution in [0.3, 0.4) is 0 Å². The van der Waals surface area contributed by atoms with Crippen molar-refractivity contribution in [3.63, 3.8) is 0 Å². The third-order valence-corrected chi connectivity index (χ3v) is 5.10. The number of rotatable bonds is 2. The number of imidazole rings is 1. The molecule has 0 atom stereocenters. The van der Waals surface area contributed by atoms with Crippen molar-refractivity contribution in [2.75, 3.05) is 0 Å². The average Bonchev–Trinajstić information content (AvgIpc) is 3.23. The Morgan fingerprint density at radius 2 is 1.46 bits per heavy atom. The molecule has 0 spiro atoms. The van der Waals surface area contributed by atoms with E-state index in [2.05, 4.69) is 87.7 Å². The molecule has 2 heterocycles. The first-order valence-corrected chi connectivity index (χ1v) is 8.78. The van der Waals surface area contributed by atoms with Gasteiger partial charge in [-0.25, -0.2) is 4.98 Å². The van der Waals surface area contributed by atoms with Gasteiger partial charge in [0.05, 0.1) is 11.0 Å². The van der Waals surface area contributed by atoms with Gasteiger partial charge in [0.1, 0.15) is 0 Å². The van der Waals surface area contributed by atoms with Crippen molar-refractivity contribution >= 4 is 27.3 Å². The Kier molecular flexibility index (Phi) is 3.00. The maximum absolute atomic E-state index is 4.66. The average molecular weight is 326 g/mol. The van der Waals surface area contributed by atoms with Gasteiger partial charge in [0.25, 0.3) is 0 Å². The predicted molar refractivity (Wildman–Crippen MR) is 101 cm³/mol. The minimum Gasteiger partial charge on any atom is -0.290 e. The van der Waals surface area contributed by atoms with Crippen molar-refractivity contribution in [3.8, 4) is 22.3 Å². The second kappa shape index (κ2) is 5.32. The second-order valence-corrected chi connectivity index (χ2v) is 6.69. The number of hydrogen-bond donors (Lipinski definition) is 0. The fourth-order valence-corrected chi connectivity index (χ4v) is 3.87. The van der Waals surface area contributed by atoms with Crippen LogP contribution in [0.25, 0.3) is 38.2 Å². The molecule has 3 heteroatoms. The van der Waals surface area contributed by atoms with Crippen molar-refractivity contribution in [3.05, 3.63) is 84.4 Å². The van der Waals surface area contributed by atoms with Gasteiger partial charge in [-0.15, -0.1) is 11.3 Å². The summed E-state index contributed by atoms with van der Waals surface area (Å²) in [4.78, 5) is 5.70. The maximum Gasteiger partial charge on any atom is 0.194 e. The van der Waals surface area contributed by atoms with Crippen molar-refractivity contribution < 1.29 is 0 Å². The summed E-state index contributed by atoms with van der Waals surface area (Å²) in [7, 11) is 0. The van der Waals surface area contributed by atoms with Crippen molar-refractivity contribution in [1.29, 1.82) is 0 Å². The van der Waals surface area contributed by atoms with E-state index in [4.69, 9.17) is 0 Å². The van der Waals surface area contributed by atoms with Crippen molar-refractivity contribution in [2.45, 2.75) is 0 Å². The molecule has 0 aliphatic rings. The number of fused-ring (bicyclic) bond motifs is 3. The zero-order valence-corrected chi connectivity index (χ0v) is 13.7. The van der Waals surface area contributed by atoms with E-state index in [9.17, 15) is 0 Å². The quantitative estimate of drug-likeness (QED) is 0.396. The summed E-state index contributed by atoms with van der Waals surface area (Å²) in [6.07, 6.45) is 2.08. The Morgan fingerprint density at radius 3 is 2.33 bits per heavy atom. The van der Waals surface area contributed by atoms with Crippen LogP contribution in [-0.2, 0) is 0 Å². The molecule has 0 N–H and O–H groups in total. The van der Waals surface area contributed by atoms with Crippen LogP contribution in [-0.4, -0.2) is 9.38 Å². The molecule has 0 unspecified atom stereocenters. The molecule has 0 aliphatic carbocycles. The molecule has 114 valence electrons. The molecule has 5 aromatic rings. The van der Waals surface area contributed by atoms with Gasteiger partial charge in [0.2, 0.25) is 0 Å². The zero-order valence-electron chi connectivity index (χ0n) is 12.9. The van der Waals surface area contributed by atoms with E-state index >= 15 is 0 Å². The van der Waals surface area contributed by atoms with Gasteiger partial charge in [-0.1, -0.05) is 54.6 Å². The molecular formula is C21H14N2S. The third kappa shape index (κ3) is 2.14. The lowest BCUT2D eigenvalue weighted by atomic mass is 9.99. The molecule has 0 aliphatic heterocycles. The van der Waals surface area contributed by atoms with Crippen LogP contribution in [0.2, 0.25) is 0 Å². The Balaban J connectivity index is 1.66. The van der Waals surface area contributed by atoms with Gasteiger partial charge in [0.15, 0.2) is 4.96 Å². The monoisotopic (exact) mass is 326 g/mol. The summed E-state index contributed by atoms with van der Waals surface area (Å²) in [6, 6.07) is 25.7. The Bertz CT molecular complexity index is 1150. The Morgan fingerprint density at radius 1 is 0.708 bits per heavy atom. The first-order valence-electron chi connectivity index (χ1n) is 7.90. The van der Waals surface area contributed by atoms with Crippen LogP contribution in [0, 0.1) is 0 Å². The fraction of sp³-hybridized carbons (Fsp3) is 0. The zero-order chi connectivity index (χ0) is 15.9. The minimum atomic E-state index is 1.04. The standard InChI is InChI=1S/C21H14N2S/c1-2-5-15(6-3-1)16-7-4-8-17(13-16)18-9-10-19-20(14-18)23-11-12-24-21(23)22-19/h1-14H. The lowest BCUT2D eigenvalue weighted by Gasteiger charge is -2.06. The molecule has 0 fully saturated rings. The highest BCUT2D eigenvalue weighted by atomic mass is 32.1. The smallest absolute Gasteiger partial charge is 0.194 e. The minimum absolute atomic E-state index is 1.04. The summed E-state index contributed by atoms with van der Waals surface area (Å²) < 4.78 is 2.16. The normalized spacial score (nSPS) is 11.3. The van der Waals surface area contributed by atoms with E-state index in [1.165, 1.54) is 22.3 Å². The predicted octanol–water partition coefficient (Wildman–Crippen LogP) is 5.88. The van der Waals surface area contributed by atoms with Crippen molar-refractivity contribution in [1.82, 2.24) is 9.38 Å². The number of benzene rings is 3. The SMILES string of the molecule is c1ccc(-c2cccc(-c3ccc4nc5sccn5c4c3)c2)cc1. The van der Waals surface area contributed by atoms with Gasteiger partial charge in [-0.05, 0) is 40.5 Å². The number of nitrogens with zero attached hydrogens (tertiary/aromatic N) is 2. The van der Waals surface area contributed by atoms with Gasteiger partial charge >= 0.3 is 0 Å². The molecule has 0 amide bonds. The summed E-state index contributed by atoms with van der Waals surface area (Å²) in [6.45, 7) is 0. The molecule has 0 saturated heterocycles. The van der Waals surface area contributed by atoms with Crippen molar-refractivity contribution in [2.24, 2.45) is 0 Å². The maximum atomic E-state index is 4.66. The Hall–Kier alpha value is -2.91. The van der Waals surface area contributed by atoms with Crippen LogP contribution in [0.1, 0.15) is 0 Å². The highest BCUT2D eigenvalue weighted by molar-refractivity contribution is 7.15. The topological polar surface area (TPSA) is 17.3 Å². The molecule has 24 heavy (non-hydrogen) atoms. The lowest BCUT2D eigenvalue weighted by molar-refractivity contribution is 1.28. The van der Waals surface area contributed by atoms with Gasteiger partial charge in [-0.3, -0.25) is 4.40 Å². The fourth-order valence-electron chi connectivity index (χ4n) is 3.14. The van der Waals surface area contributed by atoms with Crippen LogP contribution in [0.4, 0.5) is 0 Å². The van der Waals surface area contributed by atoms with Gasteiger partial charge < -0.3 is 0 Å². The van der Waals surface area contributed by atoms with Gasteiger partial charge in [0, 0.05) is 11.6 Å². The third-order valence-electron chi connectivity index (χ3n) is 4.34. The first-order chi connectivity index (χ1) is 11.9. The van der Waals surface area contributed by atoms with Crippen LogP contribution < -0.4 is 0 Å². The number of hydrogen-bond acceptors (Lipinski definition) is 2. The molecule has 3 aromatic carbocycles. The molecule has 2 aromatic heterocycles. The van der Waals surface area contributed by atoms with Crippen LogP contribution in [0.5, 0.6) is 0 Å².